The topological polar surface area (TPSA) is 37.3 Å². The van der Waals surface area contributed by atoms with Gasteiger partial charge in [-0.1, -0.05) is 72.3 Å². The van der Waals surface area contributed by atoms with Crippen molar-refractivity contribution < 1.29 is 9.90 Å². The second-order valence-electron chi connectivity index (χ2n) is 5.67. The maximum atomic E-state index is 13.1. The van der Waals surface area contributed by atoms with E-state index in [1.807, 2.05) is 61.5 Å². The fourth-order valence-electron chi connectivity index (χ4n) is 2.69. The van der Waals surface area contributed by atoms with E-state index in [9.17, 15) is 9.90 Å². The second-order valence-corrected chi connectivity index (χ2v) is 5.67. The predicted octanol–water partition coefficient (Wildman–Crippen LogP) is 4.72. The molecular formula is C21H18O2. The number of phenols is 1. The largest absolute Gasteiger partial charge is 0.508 e. The van der Waals surface area contributed by atoms with Gasteiger partial charge >= 0.3 is 0 Å². The first kappa shape index (κ1) is 15.0. The monoisotopic (exact) mass is 302 g/mol. The summed E-state index contributed by atoms with van der Waals surface area (Å²) in [5, 5.41) is 9.52. The lowest BCUT2D eigenvalue weighted by Crippen LogP contribution is -2.14. The number of aryl methyl sites for hydroxylation is 1. The number of hydrogen-bond donors (Lipinski definition) is 1. The Labute approximate surface area is 136 Å². The molecule has 114 valence electrons. The molecular weight excluding hydrogens is 284 g/mol. The summed E-state index contributed by atoms with van der Waals surface area (Å²) in [6, 6.07) is 24.2. The average molecular weight is 302 g/mol. The molecule has 0 aliphatic heterocycles. The number of carbonyl (C=O) groups is 1. The first-order valence-electron chi connectivity index (χ1n) is 7.60. The van der Waals surface area contributed by atoms with Gasteiger partial charge in [0.25, 0.3) is 0 Å². The number of rotatable bonds is 4. The van der Waals surface area contributed by atoms with E-state index in [1.165, 1.54) is 0 Å². The van der Waals surface area contributed by atoms with E-state index in [4.69, 9.17) is 0 Å². The molecule has 23 heavy (non-hydrogen) atoms. The third kappa shape index (κ3) is 3.32. The van der Waals surface area contributed by atoms with Crippen molar-refractivity contribution in [2.75, 3.05) is 0 Å². The van der Waals surface area contributed by atoms with Crippen LogP contribution in [0.1, 0.15) is 33.0 Å². The van der Waals surface area contributed by atoms with E-state index in [0.717, 1.165) is 16.7 Å². The van der Waals surface area contributed by atoms with Crippen molar-refractivity contribution in [2.45, 2.75) is 12.8 Å². The van der Waals surface area contributed by atoms with Crippen LogP contribution in [0.3, 0.4) is 0 Å². The third-order valence-corrected chi connectivity index (χ3v) is 3.96. The van der Waals surface area contributed by atoms with E-state index < -0.39 is 0 Å². The number of Topliss-reactive ketones (excluding diaryl/α,β-unsaturated/α-hetero) is 1. The van der Waals surface area contributed by atoms with Crippen molar-refractivity contribution in [3.8, 4) is 5.75 Å². The van der Waals surface area contributed by atoms with Gasteiger partial charge in [0, 0.05) is 5.56 Å². The molecule has 1 N–H and O–H groups in total. The molecule has 0 saturated heterocycles. The summed E-state index contributed by atoms with van der Waals surface area (Å²) < 4.78 is 0. The Hall–Kier alpha value is -2.87. The van der Waals surface area contributed by atoms with Gasteiger partial charge in [0.1, 0.15) is 5.75 Å². The fraction of sp³-hybridized carbons (Fsp3) is 0.0952. The van der Waals surface area contributed by atoms with Crippen LogP contribution >= 0.6 is 0 Å². The van der Waals surface area contributed by atoms with E-state index in [-0.39, 0.29) is 17.5 Å². The van der Waals surface area contributed by atoms with E-state index >= 15 is 0 Å². The summed E-state index contributed by atoms with van der Waals surface area (Å²) in [4.78, 5) is 13.1. The molecule has 0 bridgehead atoms. The smallest absolute Gasteiger partial charge is 0.174 e. The van der Waals surface area contributed by atoms with Gasteiger partial charge in [0.15, 0.2) is 5.78 Å². The summed E-state index contributed by atoms with van der Waals surface area (Å²) in [6.45, 7) is 2.03. The van der Waals surface area contributed by atoms with Gasteiger partial charge in [-0.3, -0.25) is 4.79 Å². The van der Waals surface area contributed by atoms with E-state index in [0.29, 0.717) is 5.56 Å². The molecule has 2 nitrogen and oxygen atoms in total. The van der Waals surface area contributed by atoms with Crippen molar-refractivity contribution >= 4 is 5.78 Å². The summed E-state index contributed by atoms with van der Waals surface area (Å²) >= 11 is 0. The van der Waals surface area contributed by atoms with Gasteiger partial charge in [-0.2, -0.15) is 0 Å². The molecule has 3 aromatic carbocycles. The predicted molar refractivity (Wildman–Crippen MR) is 91.9 cm³/mol. The number of hydrogen-bond acceptors (Lipinski definition) is 2. The summed E-state index contributed by atoms with van der Waals surface area (Å²) in [6.07, 6.45) is 0. The summed E-state index contributed by atoms with van der Waals surface area (Å²) in [5.74, 6) is -0.123. The Morgan fingerprint density at radius 3 is 1.87 bits per heavy atom. The van der Waals surface area contributed by atoms with Crippen LogP contribution in [0.25, 0.3) is 0 Å². The van der Waals surface area contributed by atoms with Gasteiger partial charge < -0.3 is 5.11 Å². The van der Waals surface area contributed by atoms with Crippen LogP contribution in [-0.2, 0) is 0 Å². The lowest BCUT2D eigenvalue weighted by molar-refractivity contribution is 0.0974. The molecule has 0 aliphatic carbocycles. The maximum absolute atomic E-state index is 13.1. The highest BCUT2D eigenvalue weighted by atomic mass is 16.3. The molecule has 0 amide bonds. The van der Waals surface area contributed by atoms with Crippen LogP contribution in [0.2, 0.25) is 0 Å². The molecule has 0 aromatic heterocycles. The molecule has 0 fully saturated rings. The zero-order valence-corrected chi connectivity index (χ0v) is 12.9. The Balaban J connectivity index is 2.08. The standard InChI is InChI=1S/C21H18O2/c1-15-7-9-16(10-8-15)20(17-11-13-19(22)14-12-17)21(23)18-5-3-2-4-6-18/h2-14,20,22H,1H3. The quantitative estimate of drug-likeness (QED) is 0.708. The van der Waals surface area contributed by atoms with E-state index in [1.54, 1.807) is 24.3 Å². The number of carbonyl (C=O) groups excluding carboxylic acids is 1. The molecule has 0 heterocycles. The molecule has 0 saturated carbocycles. The minimum Gasteiger partial charge on any atom is -0.508 e. The highest BCUT2D eigenvalue weighted by Crippen LogP contribution is 2.30. The highest BCUT2D eigenvalue weighted by molar-refractivity contribution is 6.03. The van der Waals surface area contributed by atoms with Gasteiger partial charge in [0.05, 0.1) is 5.92 Å². The van der Waals surface area contributed by atoms with Gasteiger partial charge in [-0.15, -0.1) is 0 Å². The van der Waals surface area contributed by atoms with Crippen LogP contribution < -0.4 is 0 Å². The Morgan fingerprint density at radius 1 is 0.783 bits per heavy atom. The van der Waals surface area contributed by atoms with Crippen LogP contribution in [0, 0.1) is 6.92 Å². The first-order valence-corrected chi connectivity index (χ1v) is 7.60. The Bertz CT molecular complexity index is 742. The van der Waals surface area contributed by atoms with Crippen LogP contribution in [0.5, 0.6) is 5.75 Å². The third-order valence-electron chi connectivity index (χ3n) is 3.96. The summed E-state index contributed by atoms with van der Waals surface area (Å²) in [5.41, 5.74) is 3.67. The molecule has 3 rings (SSSR count). The van der Waals surface area contributed by atoms with Gasteiger partial charge in [0.2, 0.25) is 0 Å². The first-order chi connectivity index (χ1) is 11.1. The van der Waals surface area contributed by atoms with Gasteiger partial charge in [-0.05, 0) is 30.2 Å². The fourth-order valence-corrected chi connectivity index (χ4v) is 2.69. The minimum atomic E-state index is -0.376. The number of ketones is 1. The maximum Gasteiger partial charge on any atom is 0.174 e. The van der Waals surface area contributed by atoms with Gasteiger partial charge in [-0.25, -0.2) is 0 Å². The van der Waals surface area contributed by atoms with Crippen molar-refractivity contribution in [1.82, 2.24) is 0 Å². The van der Waals surface area contributed by atoms with E-state index in [2.05, 4.69) is 0 Å². The van der Waals surface area contributed by atoms with Crippen LogP contribution in [0.4, 0.5) is 0 Å². The Kier molecular flexibility index (Phi) is 4.24. The molecule has 1 unspecified atom stereocenters. The highest BCUT2D eigenvalue weighted by Gasteiger charge is 2.23. The number of benzene rings is 3. The number of aromatic hydroxyl groups is 1. The Morgan fingerprint density at radius 2 is 1.30 bits per heavy atom. The van der Waals surface area contributed by atoms with Crippen molar-refractivity contribution in [2.24, 2.45) is 0 Å². The zero-order valence-electron chi connectivity index (χ0n) is 12.9. The number of phenolic OH excluding ortho intramolecular Hbond substituents is 1. The van der Waals surface area contributed by atoms with Crippen LogP contribution in [0.15, 0.2) is 78.9 Å². The average Bonchev–Trinajstić information content (AvgIpc) is 2.59. The van der Waals surface area contributed by atoms with Crippen molar-refractivity contribution in [1.29, 1.82) is 0 Å². The van der Waals surface area contributed by atoms with Crippen molar-refractivity contribution in [3.05, 3.63) is 101 Å². The lowest BCUT2D eigenvalue weighted by Gasteiger charge is -2.17. The molecule has 0 radical (unpaired) electrons. The zero-order chi connectivity index (χ0) is 16.2. The minimum absolute atomic E-state index is 0.0557. The molecule has 3 aromatic rings. The second kappa shape index (κ2) is 6.49. The molecule has 2 heteroatoms. The molecule has 0 spiro atoms. The molecule has 1 atom stereocenters. The van der Waals surface area contributed by atoms with Crippen LogP contribution in [-0.4, -0.2) is 10.9 Å². The lowest BCUT2D eigenvalue weighted by atomic mass is 9.84. The SMILES string of the molecule is Cc1ccc(C(C(=O)c2ccccc2)c2ccc(O)cc2)cc1. The normalized spacial score (nSPS) is 11.9. The molecule has 0 aliphatic rings. The van der Waals surface area contributed by atoms with Crippen molar-refractivity contribution in [3.63, 3.8) is 0 Å². The summed E-state index contributed by atoms with van der Waals surface area (Å²) in [7, 11) is 0.